The standard InChI is InChI=1S/C31H20F4N6O2.C19H19NOSi.C15H10BrF4N5O.4H2/c32-25-10-13-27(28(33)15-25)30(42,19-41-20-38-39-40-41)31(34,35)29-14-9-23(17-37-29)4-1-21-7-11-26(12-8-21)43-18-24-5-2-22(16-36)3-6-24;1-20-18-9-5-17(6-10-18)15-21-19-11-7-16(8-12-19)13-14-22(2,3)4;16-9-1-4-13(21-6-9)15(19,20)14(26,7-25-8-22-23-24-25)11-3-2-10(17)5-12(11)18;;;;/h2-3,5-15,17,20,42H,18-19H2;5-12H,15H2,2-4H3;1-6,8,26H,7H2;4*1H/i18D2,20D;15D2;8D;3*1+1D;1+1. The van der Waals surface area contributed by atoms with E-state index in [4.69, 9.17) is 38.4 Å². The van der Waals surface area contributed by atoms with Gasteiger partial charge < -0.3 is 19.7 Å². The number of rotatable bonds is 16. The van der Waals surface area contributed by atoms with Crippen LogP contribution in [0.2, 0.25) is 19.6 Å². The van der Waals surface area contributed by atoms with Crippen molar-refractivity contribution in [1.29, 1.82) is 5.26 Å². The molecule has 4 heterocycles. The van der Waals surface area contributed by atoms with E-state index >= 15 is 17.6 Å². The van der Waals surface area contributed by atoms with Gasteiger partial charge in [0.1, 0.15) is 82.7 Å². The molecule has 0 saturated heterocycles. The minimum absolute atomic E-state index is 0. The molecular formula is C65H57BrF8N12O4Si. The van der Waals surface area contributed by atoms with E-state index in [0.29, 0.717) is 72.3 Å². The molecule has 2 atom stereocenters. The number of pyridine rings is 2. The Bertz CT molecular complexity index is 4670. The predicted octanol–water partition coefficient (Wildman–Crippen LogP) is 13.7. The first-order valence-corrected chi connectivity index (χ1v) is 30.7. The van der Waals surface area contributed by atoms with Gasteiger partial charge in [-0.1, -0.05) is 73.8 Å². The molecule has 0 aliphatic heterocycles. The predicted molar refractivity (Wildman–Crippen MR) is 330 cm³/mol. The maximum atomic E-state index is 16.0. The lowest BCUT2D eigenvalue weighted by atomic mass is 9.84. The second-order valence-corrected chi connectivity index (χ2v) is 26.0. The smallest absolute Gasteiger partial charge is 0.323 e. The SMILES string of the molecule is [2HH].[2H]C([2H])(Oc1ccc(C#C[Si](C)(C)C)cc1)c1ccc([N+]#[C-])cc1.[2H][2H].[2H][2H].[2H][2H].[2H]c1nnnn1CC(O)(c1ccc(F)cc1F)C(F)(F)c1ccc(Br)cn1.[2H]c1nnnn1CC(O)(c1ccc(F)cc1F)C(F)(F)c1ccc(C#Cc2ccc(OC([2H])([2H])c3ccc(C#N)cc3)cc2)cn1. The normalized spacial score (nSPS) is 14.0. The van der Waals surface area contributed by atoms with Gasteiger partial charge in [-0.15, -0.1) is 15.7 Å². The molecule has 6 aromatic carbocycles. The van der Waals surface area contributed by atoms with Crippen molar-refractivity contribution in [3.05, 3.63) is 278 Å². The Balaban J connectivity index is 0.000000338. The molecule has 0 aliphatic carbocycles. The molecule has 0 bridgehead atoms. The molecule has 0 amide bonds. The van der Waals surface area contributed by atoms with Crippen molar-refractivity contribution in [1.82, 2.24) is 50.4 Å². The van der Waals surface area contributed by atoms with Crippen LogP contribution in [-0.4, -0.2) is 68.7 Å². The monoisotopic (exact) mass is 1340 g/mol. The lowest BCUT2D eigenvalue weighted by molar-refractivity contribution is -0.207. The molecule has 2 unspecified atom stereocenters. The highest BCUT2D eigenvalue weighted by Crippen LogP contribution is 2.48. The van der Waals surface area contributed by atoms with Crippen LogP contribution >= 0.6 is 15.9 Å². The number of alkyl halides is 4. The van der Waals surface area contributed by atoms with Crippen LogP contribution in [0.4, 0.5) is 40.8 Å². The van der Waals surface area contributed by atoms with Gasteiger partial charge in [0.2, 0.25) is 0 Å². The van der Waals surface area contributed by atoms with Crippen LogP contribution in [-0.2, 0) is 49.3 Å². The van der Waals surface area contributed by atoms with E-state index in [-0.39, 0.29) is 18.3 Å². The van der Waals surface area contributed by atoms with Crippen LogP contribution in [0.5, 0.6) is 11.5 Å². The quantitative estimate of drug-likeness (QED) is 0.0401. The van der Waals surface area contributed by atoms with Crippen LogP contribution in [0, 0.1) is 64.5 Å². The topological polar surface area (TPSA) is 200 Å². The van der Waals surface area contributed by atoms with Crippen molar-refractivity contribution in [2.75, 3.05) is 0 Å². The molecule has 10 aromatic rings. The highest BCUT2D eigenvalue weighted by molar-refractivity contribution is 9.10. The van der Waals surface area contributed by atoms with Crippen molar-refractivity contribution >= 4 is 29.7 Å². The Morgan fingerprint density at radius 1 is 0.615 bits per heavy atom. The molecule has 0 radical (unpaired) electrons. The van der Waals surface area contributed by atoms with Crippen molar-refractivity contribution < 1.29 is 73.4 Å². The number of aliphatic hydroxyl groups is 2. The van der Waals surface area contributed by atoms with E-state index in [1.165, 1.54) is 48.5 Å². The number of halogens is 9. The minimum atomic E-state index is -4.30. The number of benzene rings is 6. The van der Waals surface area contributed by atoms with E-state index in [9.17, 15) is 27.8 Å². The summed E-state index contributed by atoms with van der Waals surface area (Å²) in [5.74, 6) is -3.98. The Kier molecular flexibility index (Phi) is 17.6. The van der Waals surface area contributed by atoms with Crippen LogP contribution < -0.4 is 9.47 Å². The third kappa shape index (κ3) is 17.2. The lowest BCUT2D eigenvalue weighted by Crippen LogP contribution is -2.48. The second-order valence-electron chi connectivity index (χ2n) is 20.3. The number of nitriles is 1. The van der Waals surface area contributed by atoms with E-state index < -0.39 is 116 Å². The third-order valence-corrected chi connectivity index (χ3v) is 14.0. The first-order valence-electron chi connectivity index (χ1n) is 32.4. The summed E-state index contributed by atoms with van der Waals surface area (Å²) in [6.07, 6.45) is 0.793. The van der Waals surface area contributed by atoms with Crippen LogP contribution in [0.15, 0.2) is 187 Å². The summed E-state index contributed by atoms with van der Waals surface area (Å²) in [6, 6.07) is 35.2. The first-order chi connectivity index (χ1) is 48.7. The molecule has 4 aromatic heterocycles. The zero-order chi connectivity index (χ0) is 76.7. The molecular weight excluding hydrogens is 1270 g/mol. The minimum Gasteiger partial charge on any atom is -0.489 e. The van der Waals surface area contributed by atoms with Gasteiger partial charge in [-0.05, 0) is 157 Å². The van der Waals surface area contributed by atoms with Gasteiger partial charge in [-0.3, -0.25) is 9.97 Å². The number of nitrogens with zero attached hydrogens (tertiary/aromatic N) is 12. The average Bonchev–Trinajstić information content (AvgIpc) is 0.973. The summed E-state index contributed by atoms with van der Waals surface area (Å²) >= 11 is 3.06. The van der Waals surface area contributed by atoms with E-state index in [1.807, 2.05) is 18.2 Å². The van der Waals surface area contributed by atoms with Gasteiger partial charge in [0, 0.05) is 67.2 Å². The number of aromatic nitrogens is 10. The summed E-state index contributed by atoms with van der Waals surface area (Å²) in [7, 11) is -1.42. The van der Waals surface area contributed by atoms with Gasteiger partial charge >= 0.3 is 11.8 Å². The number of hydrogen-bond donors (Lipinski definition) is 2. The van der Waals surface area contributed by atoms with E-state index in [1.54, 1.807) is 48.5 Å². The van der Waals surface area contributed by atoms with Gasteiger partial charge in [-0.2, -0.15) is 22.8 Å². The molecule has 91 heavy (non-hydrogen) atoms. The number of hydrogen-bond acceptors (Lipinski definition) is 13. The van der Waals surface area contributed by atoms with E-state index in [0.717, 1.165) is 36.2 Å². The Hall–Kier alpha value is -10.5. The Morgan fingerprint density at radius 3 is 1.44 bits per heavy atom. The van der Waals surface area contributed by atoms with Crippen LogP contribution in [0.1, 0.15) is 74.5 Å². The largest absolute Gasteiger partial charge is 0.489 e. The maximum Gasteiger partial charge on any atom is 0.323 e. The fourth-order valence-electron chi connectivity index (χ4n) is 7.95. The summed E-state index contributed by atoms with van der Waals surface area (Å²) in [6.45, 7) is 7.11. The van der Waals surface area contributed by atoms with Crippen LogP contribution in [0.25, 0.3) is 4.85 Å². The summed E-state index contributed by atoms with van der Waals surface area (Å²) in [4.78, 5) is 10.6. The fourth-order valence-corrected chi connectivity index (χ4v) is 8.71. The van der Waals surface area contributed by atoms with E-state index in [2.05, 4.69) is 105 Å². The second kappa shape index (κ2) is 29.2. The summed E-state index contributed by atoms with van der Waals surface area (Å²) < 4.78 is 209. The Morgan fingerprint density at radius 2 is 1.04 bits per heavy atom. The van der Waals surface area contributed by atoms with Crippen LogP contribution in [0.3, 0.4) is 0 Å². The first kappa shape index (κ1) is 54.7. The maximum absolute atomic E-state index is 16.0. The molecule has 0 spiro atoms. The fraction of sp³-hybridized carbons (Fsp3) is 0.169. The lowest BCUT2D eigenvalue weighted by Gasteiger charge is -2.35. The van der Waals surface area contributed by atoms with Gasteiger partial charge in [-0.25, -0.2) is 31.8 Å². The van der Waals surface area contributed by atoms with Gasteiger partial charge in [0.15, 0.2) is 16.9 Å². The zero-order valence-corrected chi connectivity index (χ0v) is 50.1. The van der Waals surface area contributed by atoms with Gasteiger partial charge in [0.25, 0.3) is 0 Å². The number of ether oxygens (including phenoxy) is 2. The van der Waals surface area contributed by atoms with Crippen molar-refractivity contribution in [3.8, 4) is 40.9 Å². The molecule has 26 heteroatoms. The van der Waals surface area contributed by atoms with Crippen molar-refractivity contribution in [2.24, 2.45) is 0 Å². The molecule has 468 valence electrons. The summed E-state index contributed by atoms with van der Waals surface area (Å²) in [5.41, 5.74) is -4.03. The summed E-state index contributed by atoms with van der Waals surface area (Å²) in [5, 5.41) is 50.8. The molecule has 2 N–H and O–H groups in total. The molecule has 0 aliphatic rings. The molecule has 0 saturated carbocycles. The molecule has 16 nitrogen and oxygen atoms in total. The van der Waals surface area contributed by atoms with Gasteiger partial charge in [0.05, 0.1) is 36.8 Å². The number of tetrazole rings is 2. The molecule has 0 fully saturated rings. The average molecular weight is 1340 g/mol. The Labute approximate surface area is 544 Å². The van der Waals surface area contributed by atoms with Crippen molar-refractivity contribution in [3.63, 3.8) is 0 Å². The zero-order valence-electron chi connectivity index (χ0n) is 59.6. The highest BCUT2D eigenvalue weighted by Gasteiger charge is 2.59. The highest BCUT2D eigenvalue weighted by atomic mass is 79.9. The van der Waals surface area contributed by atoms with Crippen molar-refractivity contribution in [2.45, 2.75) is 68.9 Å². The third-order valence-electron chi connectivity index (χ3n) is 12.6. The molecule has 10 rings (SSSR count).